The number of carbonyl (C=O) groups excluding carboxylic acids is 1. The van der Waals surface area contributed by atoms with Gasteiger partial charge in [-0.2, -0.15) is 5.10 Å². The zero-order valence-electron chi connectivity index (χ0n) is 14.8. The molecule has 132 valence electrons. The van der Waals surface area contributed by atoms with E-state index in [2.05, 4.69) is 5.10 Å². The maximum absolute atomic E-state index is 12.8. The number of ether oxygens (including phenoxy) is 1. The van der Waals surface area contributed by atoms with Crippen molar-refractivity contribution in [3.05, 3.63) is 28.2 Å². The van der Waals surface area contributed by atoms with Gasteiger partial charge in [-0.25, -0.2) is 4.68 Å². The molecule has 1 heterocycles. The van der Waals surface area contributed by atoms with E-state index >= 15 is 0 Å². The first-order chi connectivity index (χ1) is 11.5. The lowest BCUT2D eigenvalue weighted by atomic mass is 9.54. The average molecular weight is 333 g/mol. The molecular weight excluding hydrogens is 306 g/mol. The minimum absolute atomic E-state index is 0.0966. The summed E-state index contributed by atoms with van der Waals surface area (Å²) in [7, 11) is 3.43. The molecule has 2 aliphatic rings. The smallest absolute Gasteiger partial charge is 0.274 e. The Kier molecular flexibility index (Phi) is 4.76. The highest BCUT2D eigenvalue weighted by atomic mass is 16.5. The number of aromatic nitrogens is 2. The molecule has 2 fully saturated rings. The van der Waals surface area contributed by atoms with Gasteiger partial charge in [-0.3, -0.25) is 9.59 Å². The predicted octanol–water partition coefficient (Wildman–Crippen LogP) is 1.98. The van der Waals surface area contributed by atoms with Gasteiger partial charge in [0.25, 0.3) is 11.5 Å². The third-order valence-electron chi connectivity index (χ3n) is 5.86. The Morgan fingerprint density at radius 3 is 2.71 bits per heavy atom. The van der Waals surface area contributed by atoms with Crippen LogP contribution in [0.1, 0.15) is 55.9 Å². The molecule has 0 saturated heterocycles. The van der Waals surface area contributed by atoms with Crippen molar-refractivity contribution in [2.75, 3.05) is 13.7 Å². The Hall–Kier alpha value is -1.69. The van der Waals surface area contributed by atoms with Gasteiger partial charge in [0, 0.05) is 38.2 Å². The van der Waals surface area contributed by atoms with Crippen LogP contribution in [0.2, 0.25) is 0 Å². The van der Waals surface area contributed by atoms with E-state index in [0.717, 1.165) is 25.9 Å². The van der Waals surface area contributed by atoms with Gasteiger partial charge in [0.2, 0.25) is 0 Å². The summed E-state index contributed by atoms with van der Waals surface area (Å²) in [6.07, 6.45) is 7.09. The number of aryl methyl sites for hydroxylation is 1. The van der Waals surface area contributed by atoms with Gasteiger partial charge in [-0.15, -0.1) is 0 Å². The quantitative estimate of drug-likeness (QED) is 0.845. The van der Waals surface area contributed by atoms with Crippen molar-refractivity contribution in [2.45, 2.75) is 57.6 Å². The summed E-state index contributed by atoms with van der Waals surface area (Å²) in [5, 5.41) is 4.11. The van der Waals surface area contributed by atoms with Crippen LogP contribution < -0.4 is 5.56 Å². The average Bonchev–Trinajstić information content (AvgIpc) is 2.60. The minimum atomic E-state index is -0.210. The second-order valence-corrected chi connectivity index (χ2v) is 7.09. The van der Waals surface area contributed by atoms with Crippen LogP contribution in [-0.2, 0) is 11.8 Å². The van der Waals surface area contributed by atoms with Crippen molar-refractivity contribution >= 4 is 5.91 Å². The molecule has 0 aliphatic heterocycles. The van der Waals surface area contributed by atoms with Gasteiger partial charge in [0.05, 0.1) is 6.10 Å². The predicted molar refractivity (Wildman–Crippen MR) is 90.9 cm³/mol. The van der Waals surface area contributed by atoms with Crippen LogP contribution in [0.5, 0.6) is 0 Å². The molecule has 6 heteroatoms. The minimum Gasteiger partial charge on any atom is -0.378 e. The van der Waals surface area contributed by atoms with Gasteiger partial charge in [-0.05, 0) is 32.3 Å². The molecule has 3 rings (SSSR count). The van der Waals surface area contributed by atoms with Crippen molar-refractivity contribution in [1.82, 2.24) is 14.7 Å². The lowest BCUT2D eigenvalue weighted by Gasteiger charge is -2.60. The van der Waals surface area contributed by atoms with Crippen molar-refractivity contribution in [3.8, 4) is 0 Å². The molecule has 0 N–H and O–H groups in total. The van der Waals surface area contributed by atoms with E-state index in [0.29, 0.717) is 5.69 Å². The molecule has 2 atom stereocenters. The Morgan fingerprint density at radius 2 is 2.08 bits per heavy atom. The second kappa shape index (κ2) is 6.67. The monoisotopic (exact) mass is 333 g/mol. The normalized spacial score (nSPS) is 25.3. The fraction of sp³-hybridized carbons (Fsp3) is 0.722. The number of hydrogen-bond acceptors (Lipinski definition) is 4. The van der Waals surface area contributed by atoms with Crippen LogP contribution in [0.25, 0.3) is 0 Å². The van der Waals surface area contributed by atoms with E-state index in [1.165, 1.54) is 36.1 Å². The molecule has 1 aromatic heterocycles. The summed E-state index contributed by atoms with van der Waals surface area (Å²) >= 11 is 0. The second-order valence-electron chi connectivity index (χ2n) is 7.09. The van der Waals surface area contributed by atoms with E-state index < -0.39 is 0 Å². The highest BCUT2D eigenvalue weighted by molar-refractivity contribution is 5.92. The van der Waals surface area contributed by atoms with E-state index in [1.807, 2.05) is 18.9 Å². The Morgan fingerprint density at radius 1 is 1.38 bits per heavy atom. The number of carbonyl (C=O) groups is 1. The fourth-order valence-corrected chi connectivity index (χ4v) is 4.51. The Bertz CT molecular complexity index is 664. The molecule has 2 saturated carbocycles. The molecular formula is C18H27N3O3. The molecule has 24 heavy (non-hydrogen) atoms. The largest absolute Gasteiger partial charge is 0.378 e. The Balaban J connectivity index is 1.80. The van der Waals surface area contributed by atoms with E-state index in [-0.39, 0.29) is 29.0 Å². The first kappa shape index (κ1) is 17.1. The highest BCUT2D eigenvalue weighted by Gasteiger charge is 2.57. The van der Waals surface area contributed by atoms with Crippen LogP contribution in [0.3, 0.4) is 0 Å². The molecule has 6 nitrogen and oxygen atoms in total. The lowest BCUT2D eigenvalue weighted by molar-refractivity contribution is -0.170. The molecule has 1 spiro atoms. The molecule has 0 unspecified atom stereocenters. The summed E-state index contributed by atoms with van der Waals surface area (Å²) in [6.45, 7) is 2.76. The molecule has 0 aromatic carbocycles. The highest BCUT2D eigenvalue weighted by Crippen LogP contribution is 2.55. The first-order valence-corrected chi connectivity index (χ1v) is 8.92. The van der Waals surface area contributed by atoms with Crippen molar-refractivity contribution in [2.24, 2.45) is 12.5 Å². The lowest BCUT2D eigenvalue weighted by Crippen LogP contribution is -2.65. The summed E-state index contributed by atoms with van der Waals surface area (Å²) in [6, 6.07) is 3.11. The van der Waals surface area contributed by atoms with Gasteiger partial charge in [-0.1, -0.05) is 19.3 Å². The fourth-order valence-electron chi connectivity index (χ4n) is 4.51. The number of nitrogens with zero attached hydrogens (tertiary/aromatic N) is 3. The summed E-state index contributed by atoms with van der Waals surface area (Å²) in [5.74, 6) is -0.115. The van der Waals surface area contributed by atoms with Crippen molar-refractivity contribution in [1.29, 1.82) is 0 Å². The zero-order chi connectivity index (χ0) is 17.3. The third-order valence-corrected chi connectivity index (χ3v) is 5.86. The van der Waals surface area contributed by atoms with E-state index in [4.69, 9.17) is 4.74 Å². The van der Waals surface area contributed by atoms with Gasteiger partial charge >= 0.3 is 0 Å². The maximum atomic E-state index is 12.8. The van der Waals surface area contributed by atoms with Crippen LogP contribution in [0, 0.1) is 5.41 Å². The SMILES string of the molecule is CCO[C@H]1C[C@@H](N(C)C(=O)c2ccc(=O)n(C)n2)C12CCCCC2. The molecule has 1 amide bonds. The van der Waals surface area contributed by atoms with Gasteiger partial charge < -0.3 is 9.64 Å². The maximum Gasteiger partial charge on any atom is 0.274 e. The molecule has 2 aliphatic carbocycles. The number of hydrogen-bond donors (Lipinski definition) is 0. The van der Waals surface area contributed by atoms with Crippen LogP contribution in [0.15, 0.2) is 16.9 Å². The van der Waals surface area contributed by atoms with Crippen LogP contribution in [-0.4, -0.2) is 46.4 Å². The molecule has 0 radical (unpaired) electrons. The van der Waals surface area contributed by atoms with Gasteiger partial charge in [0.15, 0.2) is 0 Å². The van der Waals surface area contributed by atoms with E-state index in [1.54, 1.807) is 7.05 Å². The third kappa shape index (κ3) is 2.77. The van der Waals surface area contributed by atoms with E-state index in [9.17, 15) is 9.59 Å². The summed E-state index contributed by atoms with van der Waals surface area (Å²) < 4.78 is 7.18. The van der Waals surface area contributed by atoms with Crippen LogP contribution >= 0.6 is 0 Å². The molecule has 0 bridgehead atoms. The Labute approximate surface area is 142 Å². The summed E-state index contributed by atoms with van der Waals surface area (Å²) in [5.41, 5.74) is 0.211. The van der Waals surface area contributed by atoms with Gasteiger partial charge in [0.1, 0.15) is 5.69 Å². The topological polar surface area (TPSA) is 64.4 Å². The standard InChI is InChI=1S/C18H27N3O3/c1-4-24-15-12-14(18(15)10-6-5-7-11-18)20(2)17(23)13-8-9-16(22)21(3)19-13/h8-9,14-15H,4-7,10-12H2,1-3H3/t14-,15+/m1/s1. The number of amides is 1. The molecule has 1 aromatic rings. The first-order valence-electron chi connectivity index (χ1n) is 8.92. The summed E-state index contributed by atoms with van der Waals surface area (Å²) in [4.78, 5) is 26.1. The van der Waals surface area contributed by atoms with Crippen molar-refractivity contribution < 1.29 is 9.53 Å². The number of rotatable bonds is 4. The van der Waals surface area contributed by atoms with Crippen LogP contribution in [0.4, 0.5) is 0 Å². The zero-order valence-corrected chi connectivity index (χ0v) is 14.8. The van der Waals surface area contributed by atoms with Crippen molar-refractivity contribution in [3.63, 3.8) is 0 Å².